The van der Waals surface area contributed by atoms with E-state index in [-0.39, 0.29) is 17.9 Å². The van der Waals surface area contributed by atoms with Crippen LogP contribution in [0.3, 0.4) is 0 Å². The summed E-state index contributed by atoms with van der Waals surface area (Å²) in [6.07, 6.45) is 0.368. The van der Waals surface area contributed by atoms with Gasteiger partial charge < -0.3 is 18.9 Å². The van der Waals surface area contributed by atoms with Crippen molar-refractivity contribution in [2.24, 2.45) is 0 Å². The quantitative estimate of drug-likeness (QED) is 0.584. The first-order valence-corrected chi connectivity index (χ1v) is 10.1. The number of hydrogen-bond donors (Lipinski definition) is 0. The third-order valence-corrected chi connectivity index (χ3v) is 5.45. The van der Waals surface area contributed by atoms with Gasteiger partial charge >= 0.3 is 0 Å². The Kier molecular flexibility index (Phi) is 5.70. The molecule has 0 spiro atoms. The largest absolute Gasteiger partial charge is 0.497 e. The first kappa shape index (κ1) is 19.9. The molecule has 2 atom stereocenters. The Morgan fingerprint density at radius 3 is 2.70 bits per heavy atom. The number of aromatic nitrogens is 2. The zero-order valence-electron chi connectivity index (χ0n) is 17.4. The molecule has 1 aliphatic rings. The van der Waals surface area contributed by atoms with Crippen LogP contribution in [0.2, 0.25) is 0 Å². The predicted molar refractivity (Wildman–Crippen MR) is 111 cm³/mol. The minimum absolute atomic E-state index is 0.0431. The fourth-order valence-electron chi connectivity index (χ4n) is 3.78. The van der Waals surface area contributed by atoms with Crippen molar-refractivity contribution in [3.63, 3.8) is 0 Å². The lowest BCUT2D eigenvalue weighted by molar-refractivity contribution is -0.129. The maximum atomic E-state index is 12.7. The third kappa shape index (κ3) is 3.87. The average molecular weight is 407 g/mol. The molecule has 7 heteroatoms. The van der Waals surface area contributed by atoms with Gasteiger partial charge in [-0.3, -0.25) is 4.79 Å². The number of carbonyl (C=O) groups is 1. The molecular formula is C23H25N3O4. The number of para-hydroxylation sites is 1. The van der Waals surface area contributed by atoms with Gasteiger partial charge in [0, 0.05) is 18.9 Å². The minimum Gasteiger partial charge on any atom is -0.497 e. The number of methoxy groups -OCH3 is 1. The van der Waals surface area contributed by atoms with Gasteiger partial charge in [-0.2, -0.15) is 4.98 Å². The van der Waals surface area contributed by atoms with Crippen molar-refractivity contribution in [3.8, 4) is 23.0 Å². The summed E-state index contributed by atoms with van der Waals surface area (Å²) >= 11 is 0. The highest BCUT2D eigenvalue weighted by atomic mass is 16.5. The van der Waals surface area contributed by atoms with E-state index in [1.165, 1.54) is 0 Å². The van der Waals surface area contributed by atoms with E-state index in [4.69, 9.17) is 14.0 Å². The smallest absolute Gasteiger partial charge is 0.261 e. The SMILES string of the molecule is CCOc1ccccc1-c1nc(C2CC(=O)N(C(C)c3ccc(OC)cc3)C2)no1. The number of nitrogens with zero attached hydrogens (tertiary/aromatic N) is 3. The molecule has 0 saturated carbocycles. The number of hydrogen-bond acceptors (Lipinski definition) is 6. The first-order chi connectivity index (χ1) is 14.6. The zero-order chi connectivity index (χ0) is 21.1. The molecule has 3 aromatic rings. The molecule has 1 amide bonds. The lowest BCUT2D eigenvalue weighted by Crippen LogP contribution is -2.28. The van der Waals surface area contributed by atoms with Crippen LogP contribution in [0.25, 0.3) is 11.5 Å². The van der Waals surface area contributed by atoms with Gasteiger partial charge in [0.15, 0.2) is 5.82 Å². The van der Waals surface area contributed by atoms with E-state index in [1.54, 1.807) is 7.11 Å². The Bertz CT molecular complexity index is 1020. The summed E-state index contributed by atoms with van der Waals surface area (Å²) in [6, 6.07) is 15.3. The summed E-state index contributed by atoms with van der Waals surface area (Å²) in [5.74, 6) is 2.44. The maximum absolute atomic E-state index is 12.7. The van der Waals surface area contributed by atoms with E-state index in [1.807, 2.05) is 67.3 Å². The van der Waals surface area contributed by atoms with Crippen LogP contribution in [-0.4, -0.2) is 41.2 Å². The molecule has 4 rings (SSSR count). The van der Waals surface area contributed by atoms with E-state index in [0.29, 0.717) is 37.0 Å². The molecule has 1 fully saturated rings. The fraction of sp³-hybridized carbons (Fsp3) is 0.348. The number of ether oxygens (including phenoxy) is 2. The second kappa shape index (κ2) is 8.57. The summed E-state index contributed by atoms with van der Waals surface area (Å²) in [6.45, 7) is 5.06. The van der Waals surface area contributed by atoms with Crippen molar-refractivity contribution in [3.05, 3.63) is 59.9 Å². The Labute approximate surface area is 175 Å². The maximum Gasteiger partial charge on any atom is 0.261 e. The second-order valence-corrected chi connectivity index (χ2v) is 7.28. The monoisotopic (exact) mass is 407 g/mol. The van der Waals surface area contributed by atoms with E-state index >= 15 is 0 Å². The van der Waals surface area contributed by atoms with Crippen LogP contribution in [-0.2, 0) is 4.79 Å². The average Bonchev–Trinajstić information content (AvgIpc) is 3.41. The molecule has 0 aliphatic carbocycles. The van der Waals surface area contributed by atoms with Crippen molar-refractivity contribution in [1.82, 2.24) is 15.0 Å². The normalized spacial score (nSPS) is 17.2. The van der Waals surface area contributed by atoms with Crippen LogP contribution in [0.4, 0.5) is 0 Å². The number of benzene rings is 2. The van der Waals surface area contributed by atoms with Crippen molar-refractivity contribution < 1.29 is 18.8 Å². The molecule has 7 nitrogen and oxygen atoms in total. The van der Waals surface area contributed by atoms with Crippen LogP contribution < -0.4 is 9.47 Å². The summed E-state index contributed by atoms with van der Waals surface area (Å²) in [5.41, 5.74) is 1.81. The molecule has 2 aromatic carbocycles. The van der Waals surface area contributed by atoms with Crippen molar-refractivity contribution in [1.29, 1.82) is 0 Å². The van der Waals surface area contributed by atoms with E-state index < -0.39 is 0 Å². The third-order valence-electron chi connectivity index (χ3n) is 5.45. The van der Waals surface area contributed by atoms with Crippen LogP contribution in [0.1, 0.15) is 43.6 Å². The van der Waals surface area contributed by atoms with Crippen molar-refractivity contribution in [2.45, 2.75) is 32.2 Å². The Morgan fingerprint density at radius 2 is 1.97 bits per heavy atom. The first-order valence-electron chi connectivity index (χ1n) is 10.1. The molecule has 2 unspecified atom stereocenters. The van der Waals surface area contributed by atoms with E-state index in [2.05, 4.69) is 10.1 Å². The second-order valence-electron chi connectivity index (χ2n) is 7.28. The predicted octanol–water partition coefficient (Wildman–Crippen LogP) is 4.22. The van der Waals surface area contributed by atoms with Gasteiger partial charge in [-0.1, -0.05) is 29.4 Å². The molecule has 1 aromatic heterocycles. The molecular weight excluding hydrogens is 382 g/mol. The Hall–Kier alpha value is -3.35. The molecule has 0 bridgehead atoms. The zero-order valence-corrected chi connectivity index (χ0v) is 17.4. The minimum atomic E-state index is -0.102. The van der Waals surface area contributed by atoms with E-state index in [0.717, 1.165) is 16.9 Å². The van der Waals surface area contributed by atoms with Crippen LogP contribution in [0.5, 0.6) is 11.5 Å². The van der Waals surface area contributed by atoms with E-state index in [9.17, 15) is 4.79 Å². The van der Waals surface area contributed by atoms with Crippen molar-refractivity contribution in [2.75, 3.05) is 20.3 Å². The Balaban J connectivity index is 1.51. The van der Waals surface area contributed by atoms with Gasteiger partial charge in [-0.25, -0.2) is 0 Å². The number of likely N-dealkylation sites (tertiary alicyclic amines) is 1. The molecule has 0 radical (unpaired) electrons. The molecule has 1 saturated heterocycles. The number of amides is 1. The number of rotatable bonds is 7. The van der Waals surface area contributed by atoms with Gasteiger partial charge in [-0.15, -0.1) is 0 Å². The lowest BCUT2D eigenvalue weighted by atomic mass is 10.1. The standard InChI is InChI=1S/C23H25N3O4/c1-4-29-20-8-6-5-7-19(20)23-24-22(25-30-23)17-13-21(27)26(14-17)15(2)16-9-11-18(28-3)12-10-16/h5-12,15,17H,4,13-14H2,1-3H3. The summed E-state index contributed by atoms with van der Waals surface area (Å²) in [4.78, 5) is 19.2. The van der Waals surface area contributed by atoms with Crippen LogP contribution >= 0.6 is 0 Å². The summed E-state index contributed by atoms with van der Waals surface area (Å²) in [5, 5.41) is 4.16. The van der Waals surface area contributed by atoms with Crippen LogP contribution in [0, 0.1) is 0 Å². The van der Waals surface area contributed by atoms with Gasteiger partial charge in [0.05, 0.1) is 25.3 Å². The highest BCUT2D eigenvalue weighted by Crippen LogP contribution is 2.35. The summed E-state index contributed by atoms with van der Waals surface area (Å²) < 4.78 is 16.4. The Morgan fingerprint density at radius 1 is 1.20 bits per heavy atom. The highest BCUT2D eigenvalue weighted by molar-refractivity contribution is 5.80. The summed E-state index contributed by atoms with van der Waals surface area (Å²) in [7, 11) is 1.64. The van der Waals surface area contributed by atoms with Crippen LogP contribution in [0.15, 0.2) is 53.1 Å². The fourth-order valence-corrected chi connectivity index (χ4v) is 3.78. The molecule has 156 valence electrons. The molecule has 1 aliphatic heterocycles. The lowest BCUT2D eigenvalue weighted by Gasteiger charge is -2.25. The number of carbonyl (C=O) groups excluding carboxylic acids is 1. The van der Waals surface area contributed by atoms with Crippen molar-refractivity contribution >= 4 is 5.91 Å². The molecule has 2 heterocycles. The van der Waals surface area contributed by atoms with Gasteiger partial charge in [-0.05, 0) is 43.7 Å². The van der Waals surface area contributed by atoms with Gasteiger partial charge in [0.25, 0.3) is 5.89 Å². The van der Waals surface area contributed by atoms with Gasteiger partial charge in [0.1, 0.15) is 11.5 Å². The molecule has 30 heavy (non-hydrogen) atoms. The molecule has 0 N–H and O–H groups in total. The van der Waals surface area contributed by atoms with Gasteiger partial charge in [0.2, 0.25) is 5.91 Å². The topological polar surface area (TPSA) is 77.7 Å². The highest BCUT2D eigenvalue weighted by Gasteiger charge is 2.36.